The number of ether oxygens (including phenoxy) is 2. The lowest BCUT2D eigenvalue weighted by Gasteiger charge is -2.11. The number of carbonyl (C=O) groups excluding carboxylic acids is 1. The van der Waals surface area contributed by atoms with Gasteiger partial charge in [-0.25, -0.2) is 0 Å². The van der Waals surface area contributed by atoms with E-state index in [2.05, 4.69) is 41.7 Å². The Hall–Kier alpha value is -4.77. The summed E-state index contributed by atoms with van der Waals surface area (Å²) in [6.07, 6.45) is 3.32. The van der Waals surface area contributed by atoms with Crippen LogP contribution in [0.2, 0.25) is 0 Å². The number of benzene rings is 4. The van der Waals surface area contributed by atoms with Crippen molar-refractivity contribution >= 4 is 28.1 Å². The number of furan rings is 1. The molecule has 0 aliphatic carbocycles. The lowest BCUT2D eigenvalue weighted by atomic mass is 9.97. The highest BCUT2D eigenvalue weighted by molar-refractivity contribution is 6.06. The lowest BCUT2D eigenvalue weighted by Crippen LogP contribution is -2.09. The highest BCUT2D eigenvalue weighted by Gasteiger charge is 2.15. The van der Waals surface area contributed by atoms with E-state index in [0.717, 1.165) is 33.2 Å². The summed E-state index contributed by atoms with van der Waals surface area (Å²) in [7, 11) is 3.18. The molecule has 0 spiro atoms. The van der Waals surface area contributed by atoms with Gasteiger partial charge in [-0.1, -0.05) is 66.7 Å². The van der Waals surface area contributed by atoms with Crippen LogP contribution >= 0.6 is 0 Å². The first-order valence-corrected chi connectivity index (χ1v) is 11.9. The Bertz CT molecular complexity index is 1580. The fourth-order valence-electron chi connectivity index (χ4n) is 4.42. The van der Waals surface area contributed by atoms with Crippen molar-refractivity contribution in [3.8, 4) is 33.8 Å². The fourth-order valence-corrected chi connectivity index (χ4v) is 4.42. The normalized spacial score (nSPS) is 11.4. The predicted molar refractivity (Wildman–Crippen MR) is 149 cm³/mol. The Kier molecular flexibility index (Phi) is 6.77. The number of methoxy groups -OCH3 is 2. The molecule has 0 aliphatic heterocycles. The van der Waals surface area contributed by atoms with Crippen molar-refractivity contribution in [3.63, 3.8) is 0 Å². The largest absolute Gasteiger partial charge is 0.496 e. The number of anilines is 1. The van der Waals surface area contributed by atoms with Crippen LogP contribution in [0.3, 0.4) is 0 Å². The summed E-state index contributed by atoms with van der Waals surface area (Å²) in [5.41, 5.74) is 7.25. The molecule has 184 valence electrons. The number of para-hydroxylation sites is 2. The molecule has 0 radical (unpaired) electrons. The topological polar surface area (TPSA) is 60.7 Å². The molecule has 0 saturated heterocycles. The average Bonchev–Trinajstić information content (AvgIpc) is 3.36. The number of amides is 1. The van der Waals surface area contributed by atoms with Crippen LogP contribution in [0.5, 0.6) is 11.5 Å². The molecule has 5 aromatic rings. The van der Waals surface area contributed by atoms with Gasteiger partial charge in [-0.05, 0) is 47.4 Å². The first-order valence-electron chi connectivity index (χ1n) is 11.9. The second kappa shape index (κ2) is 10.5. The van der Waals surface area contributed by atoms with Crippen molar-refractivity contribution in [2.45, 2.75) is 6.92 Å². The van der Waals surface area contributed by atoms with Crippen molar-refractivity contribution in [2.24, 2.45) is 0 Å². The zero-order chi connectivity index (χ0) is 25.8. The van der Waals surface area contributed by atoms with Gasteiger partial charge < -0.3 is 19.2 Å². The molecule has 0 aliphatic rings. The molecular weight excluding hydrogens is 462 g/mol. The zero-order valence-corrected chi connectivity index (χ0v) is 20.9. The third-order valence-electron chi connectivity index (χ3n) is 6.34. The van der Waals surface area contributed by atoms with Crippen LogP contribution < -0.4 is 14.8 Å². The van der Waals surface area contributed by atoms with Gasteiger partial charge in [-0.2, -0.15) is 0 Å². The Morgan fingerprint density at radius 3 is 2.16 bits per heavy atom. The fraction of sp³-hybridized carbons (Fsp3) is 0.0938. The zero-order valence-electron chi connectivity index (χ0n) is 20.9. The van der Waals surface area contributed by atoms with Gasteiger partial charge >= 0.3 is 0 Å². The van der Waals surface area contributed by atoms with Crippen molar-refractivity contribution in [2.75, 3.05) is 19.5 Å². The van der Waals surface area contributed by atoms with E-state index in [0.29, 0.717) is 22.8 Å². The van der Waals surface area contributed by atoms with Gasteiger partial charge in [0.05, 0.1) is 26.2 Å². The molecule has 5 nitrogen and oxygen atoms in total. The van der Waals surface area contributed by atoms with Gasteiger partial charge in [0, 0.05) is 28.7 Å². The molecule has 0 bridgehead atoms. The minimum atomic E-state index is -0.256. The van der Waals surface area contributed by atoms with E-state index in [9.17, 15) is 4.79 Å². The number of fused-ring (bicyclic) bond motifs is 1. The number of carbonyl (C=O) groups is 1. The molecule has 37 heavy (non-hydrogen) atoms. The molecule has 1 aromatic heterocycles. The first kappa shape index (κ1) is 23.9. The van der Waals surface area contributed by atoms with Gasteiger partial charge in [0.25, 0.3) is 0 Å². The predicted octanol–water partition coefficient (Wildman–Crippen LogP) is 7.83. The van der Waals surface area contributed by atoms with E-state index in [4.69, 9.17) is 13.9 Å². The lowest BCUT2D eigenvalue weighted by molar-refractivity contribution is -0.111. The Morgan fingerprint density at radius 1 is 0.784 bits per heavy atom. The summed E-state index contributed by atoms with van der Waals surface area (Å²) >= 11 is 0. The quantitative estimate of drug-likeness (QED) is 0.237. The summed E-state index contributed by atoms with van der Waals surface area (Å²) in [5, 5.41) is 3.83. The van der Waals surface area contributed by atoms with E-state index in [1.54, 1.807) is 38.7 Å². The van der Waals surface area contributed by atoms with Crippen molar-refractivity contribution < 1.29 is 18.7 Å². The van der Waals surface area contributed by atoms with E-state index in [1.165, 1.54) is 5.56 Å². The molecule has 0 atom stereocenters. The monoisotopic (exact) mass is 489 g/mol. The Labute approximate surface area is 216 Å². The van der Waals surface area contributed by atoms with Crippen LogP contribution in [0.4, 0.5) is 5.69 Å². The van der Waals surface area contributed by atoms with E-state index in [1.807, 2.05) is 49.4 Å². The summed E-state index contributed by atoms with van der Waals surface area (Å²) in [5.74, 6) is 0.974. The smallest absolute Gasteiger partial charge is 0.248 e. The molecule has 4 aromatic carbocycles. The second-order valence-electron chi connectivity index (χ2n) is 8.66. The van der Waals surface area contributed by atoms with Crippen LogP contribution in [0, 0.1) is 0 Å². The SMILES string of the molecule is COc1ccccc1NC(=O)/C=C(\C)c1cc2c(-c3ccc(-c4ccccc4)cc3)coc2cc1OC. The van der Waals surface area contributed by atoms with Crippen molar-refractivity contribution in [1.29, 1.82) is 0 Å². The average molecular weight is 490 g/mol. The van der Waals surface area contributed by atoms with Gasteiger partial charge in [0.2, 0.25) is 5.91 Å². The molecule has 0 unspecified atom stereocenters. The van der Waals surface area contributed by atoms with Crippen LogP contribution in [-0.4, -0.2) is 20.1 Å². The summed E-state index contributed by atoms with van der Waals surface area (Å²) in [4.78, 5) is 12.8. The van der Waals surface area contributed by atoms with E-state index >= 15 is 0 Å². The molecule has 1 N–H and O–H groups in total. The maximum absolute atomic E-state index is 12.8. The molecular formula is C32H27NO4. The van der Waals surface area contributed by atoms with Gasteiger partial charge in [0.15, 0.2) is 0 Å². The standard InChI is InChI=1S/C32H27NO4/c1-21(17-32(34)33-28-11-7-8-12-29(28)35-2)25-18-26-27(20-37-31(26)19-30(25)36-3)24-15-13-23(14-16-24)22-9-5-4-6-10-22/h4-20H,1-3H3,(H,33,34)/b21-17+. The molecule has 5 rings (SSSR count). The van der Waals surface area contributed by atoms with Crippen molar-refractivity contribution in [1.82, 2.24) is 0 Å². The van der Waals surface area contributed by atoms with Crippen LogP contribution in [0.25, 0.3) is 38.8 Å². The molecule has 0 saturated carbocycles. The van der Waals surface area contributed by atoms with E-state index < -0.39 is 0 Å². The third-order valence-corrected chi connectivity index (χ3v) is 6.34. The summed E-state index contributed by atoms with van der Waals surface area (Å²) in [6, 6.07) is 29.9. The van der Waals surface area contributed by atoms with Crippen molar-refractivity contribution in [3.05, 3.63) is 109 Å². The summed E-state index contributed by atoms with van der Waals surface area (Å²) < 4.78 is 16.9. The minimum Gasteiger partial charge on any atom is -0.496 e. The maximum Gasteiger partial charge on any atom is 0.248 e. The highest BCUT2D eigenvalue weighted by Crippen LogP contribution is 2.38. The van der Waals surface area contributed by atoms with E-state index in [-0.39, 0.29) is 5.91 Å². The van der Waals surface area contributed by atoms with Crippen LogP contribution in [-0.2, 0) is 4.79 Å². The summed E-state index contributed by atoms with van der Waals surface area (Å²) in [6.45, 7) is 1.89. The molecule has 5 heteroatoms. The van der Waals surface area contributed by atoms with Gasteiger partial charge in [0.1, 0.15) is 17.1 Å². The Morgan fingerprint density at radius 2 is 1.43 bits per heavy atom. The highest BCUT2D eigenvalue weighted by atomic mass is 16.5. The number of nitrogens with one attached hydrogen (secondary N) is 1. The number of rotatable bonds is 7. The number of hydrogen-bond acceptors (Lipinski definition) is 4. The number of hydrogen-bond donors (Lipinski definition) is 1. The second-order valence-corrected chi connectivity index (χ2v) is 8.66. The Balaban J connectivity index is 1.47. The molecule has 1 amide bonds. The molecule has 1 heterocycles. The minimum absolute atomic E-state index is 0.256. The number of allylic oxidation sites excluding steroid dienone is 1. The first-order chi connectivity index (χ1) is 18.1. The third kappa shape index (κ3) is 4.98. The van der Waals surface area contributed by atoms with Crippen LogP contribution in [0.15, 0.2) is 108 Å². The van der Waals surface area contributed by atoms with Gasteiger partial charge in [-0.15, -0.1) is 0 Å². The molecule has 0 fully saturated rings. The van der Waals surface area contributed by atoms with Gasteiger partial charge in [-0.3, -0.25) is 4.79 Å². The van der Waals surface area contributed by atoms with Crippen LogP contribution in [0.1, 0.15) is 12.5 Å². The maximum atomic E-state index is 12.8.